The lowest BCUT2D eigenvalue weighted by Gasteiger charge is -1.95. The van der Waals surface area contributed by atoms with Gasteiger partial charge < -0.3 is 4.57 Å². The summed E-state index contributed by atoms with van der Waals surface area (Å²) in [7, 11) is 2.07. The molecule has 0 saturated heterocycles. The molecule has 1 aromatic heterocycles. The van der Waals surface area contributed by atoms with Gasteiger partial charge in [-0.25, -0.2) is 0 Å². The van der Waals surface area contributed by atoms with Gasteiger partial charge in [-0.3, -0.25) is 0 Å². The zero-order valence-electron chi connectivity index (χ0n) is 7.13. The Balaban J connectivity index is 2.90. The molecule has 12 heavy (non-hydrogen) atoms. The van der Waals surface area contributed by atoms with Crippen LogP contribution in [-0.4, -0.2) is 4.57 Å². The average Bonchev–Trinajstić information content (AvgIpc) is 2.28. The van der Waals surface area contributed by atoms with Gasteiger partial charge in [0.05, 0.1) is 0 Å². The van der Waals surface area contributed by atoms with Crippen LogP contribution in [0.2, 0.25) is 0 Å². The summed E-state index contributed by atoms with van der Waals surface area (Å²) in [5.41, 5.74) is 2.62. The van der Waals surface area contributed by atoms with Gasteiger partial charge in [0.1, 0.15) is 0 Å². The largest absolute Gasteiger partial charge is 0.350 e. The van der Waals surface area contributed by atoms with E-state index in [1.54, 1.807) is 0 Å². The summed E-state index contributed by atoms with van der Waals surface area (Å²) in [6.07, 6.45) is 2.15. The molecule has 0 spiro atoms. The summed E-state index contributed by atoms with van der Waals surface area (Å²) in [6, 6.07) is 6.36. The predicted octanol–water partition coefficient (Wildman–Crippen LogP) is 3.25. The Bertz CT molecular complexity index is 429. The lowest BCUT2D eigenvalue weighted by atomic mass is 10.2. The van der Waals surface area contributed by atoms with Crippen LogP contribution in [0.4, 0.5) is 0 Å². The third kappa shape index (κ3) is 1.07. The second-order valence-electron chi connectivity index (χ2n) is 3.08. The maximum absolute atomic E-state index is 3.47. The number of halogens is 1. The highest BCUT2D eigenvalue weighted by atomic mass is 79.9. The van der Waals surface area contributed by atoms with Crippen molar-refractivity contribution < 1.29 is 0 Å². The molecule has 62 valence electrons. The van der Waals surface area contributed by atoms with Crippen molar-refractivity contribution in [3.8, 4) is 0 Å². The normalized spacial score (nSPS) is 10.9. The van der Waals surface area contributed by atoms with Crippen LogP contribution in [0.5, 0.6) is 0 Å². The highest BCUT2D eigenvalue weighted by molar-refractivity contribution is 9.10. The molecular formula is C10H10BrN. The molecule has 0 aliphatic heterocycles. The van der Waals surface area contributed by atoms with Crippen molar-refractivity contribution in [3.05, 3.63) is 34.4 Å². The molecule has 0 atom stereocenters. The fraction of sp³-hybridized carbons (Fsp3) is 0.200. The third-order valence-corrected chi connectivity index (χ3v) is 2.64. The number of nitrogens with zero attached hydrogens (tertiary/aromatic N) is 1. The molecule has 0 bridgehead atoms. The van der Waals surface area contributed by atoms with Crippen LogP contribution in [0.15, 0.2) is 28.9 Å². The summed E-state index contributed by atoms with van der Waals surface area (Å²) < 4.78 is 3.29. The maximum atomic E-state index is 3.47. The third-order valence-electron chi connectivity index (χ3n) is 2.15. The zero-order chi connectivity index (χ0) is 8.72. The molecule has 0 N–H and O–H groups in total. The monoisotopic (exact) mass is 223 g/mol. The lowest BCUT2D eigenvalue weighted by molar-refractivity contribution is 0.964. The molecule has 0 unspecified atom stereocenters. The molecule has 1 aromatic carbocycles. The summed E-state index contributed by atoms with van der Waals surface area (Å²) >= 11 is 3.47. The van der Waals surface area contributed by atoms with Crippen LogP contribution in [0.25, 0.3) is 10.9 Å². The Kier molecular flexibility index (Phi) is 1.72. The number of fused-ring (bicyclic) bond motifs is 1. The van der Waals surface area contributed by atoms with Crippen molar-refractivity contribution in [3.63, 3.8) is 0 Å². The first kappa shape index (κ1) is 7.87. The van der Waals surface area contributed by atoms with Gasteiger partial charge in [0.15, 0.2) is 0 Å². The smallest absolute Gasteiger partial charge is 0.0481 e. The van der Waals surface area contributed by atoms with E-state index in [-0.39, 0.29) is 0 Å². The molecule has 0 saturated carbocycles. The van der Waals surface area contributed by atoms with Gasteiger partial charge in [0.25, 0.3) is 0 Å². The molecular weight excluding hydrogens is 214 g/mol. The Morgan fingerprint density at radius 2 is 2.08 bits per heavy atom. The Labute approximate surface area is 80.1 Å². The zero-order valence-corrected chi connectivity index (χ0v) is 8.72. The molecule has 0 radical (unpaired) electrons. The number of hydrogen-bond donors (Lipinski definition) is 0. The molecule has 0 aliphatic rings. The minimum Gasteiger partial charge on any atom is -0.350 e. The van der Waals surface area contributed by atoms with E-state index in [1.807, 2.05) is 0 Å². The number of aryl methyl sites for hydroxylation is 2. The van der Waals surface area contributed by atoms with E-state index < -0.39 is 0 Å². The molecule has 1 nitrogen and oxygen atoms in total. The Morgan fingerprint density at radius 1 is 1.33 bits per heavy atom. The molecule has 2 aromatic rings. The fourth-order valence-electron chi connectivity index (χ4n) is 1.56. The van der Waals surface area contributed by atoms with E-state index in [0.717, 1.165) is 4.47 Å². The van der Waals surface area contributed by atoms with Crippen molar-refractivity contribution in [1.29, 1.82) is 0 Å². The van der Waals surface area contributed by atoms with Gasteiger partial charge in [-0.1, -0.05) is 15.9 Å². The van der Waals surface area contributed by atoms with E-state index in [0.29, 0.717) is 0 Å². The highest BCUT2D eigenvalue weighted by Crippen LogP contribution is 2.23. The van der Waals surface area contributed by atoms with Crippen LogP contribution in [-0.2, 0) is 7.05 Å². The molecule has 0 fully saturated rings. The van der Waals surface area contributed by atoms with E-state index in [1.165, 1.54) is 16.5 Å². The van der Waals surface area contributed by atoms with Gasteiger partial charge >= 0.3 is 0 Å². The van der Waals surface area contributed by atoms with Crippen molar-refractivity contribution in [2.75, 3.05) is 0 Å². The second kappa shape index (κ2) is 2.63. The molecule has 1 heterocycles. The van der Waals surface area contributed by atoms with Crippen LogP contribution in [0, 0.1) is 6.92 Å². The summed E-state index contributed by atoms with van der Waals surface area (Å²) in [5, 5.41) is 1.33. The van der Waals surface area contributed by atoms with Crippen molar-refractivity contribution in [2.45, 2.75) is 6.92 Å². The van der Waals surface area contributed by atoms with Crippen LogP contribution >= 0.6 is 15.9 Å². The van der Waals surface area contributed by atoms with Crippen molar-refractivity contribution >= 4 is 26.8 Å². The van der Waals surface area contributed by atoms with Crippen LogP contribution in [0.1, 0.15) is 5.56 Å². The Morgan fingerprint density at radius 3 is 2.83 bits per heavy atom. The molecule has 2 rings (SSSR count). The maximum Gasteiger partial charge on any atom is 0.0481 e. The fourth-order valence-corrected chi connectivity index (χ4v) is 1.92. The lowest BCUT2D eigenvalue weighted by Crippen LogP contribution is -1.82. The van der Waals surface area contributed by atoms with Crippen molar-refractivity contribution in [1.82, 2.24) is 4.57 Å². The van der Waals surface area contributed by atoms with E-state index in [2.05, 4.69) is 58.9 Å². The standard InChI is InChI=1S/C10H10BrN/c1-7-6-12(2)10-4-3-8(11)5-9(7)10/h3-6H,1-2H3. The van der Waals surface area contributed by atoms with Gasteiger partial charge in [-0.05, 0) is 30.7 Å². The van der Waals surface area contributed by atoms with Crippen LogP contribution in [0.3, 0.4) is 0 Å². The van der Waals surface area contributed by atoms with Gasteiger partial charge in [0, 0.05) is 28.6 Å². The first-order valence-corrected chi connectivity index (χ1v) is 4.69. The number of hydrogen-bond acceptors (Lipinski definition) is 0. The van der Waals surface area contributed by atoms with Crippen molar-refractivity contribution in [2.24, 2.45) is 7.05 Å². The molecule has 2 heteroatoms. The quantitative estimate of drug-likeness (QED) is 0.647. The summed E-state index contributed by atoms with van der Waals surface area (Å²) in [4.78, 5) is 0. The topological polar surface area (TPSA) is 4.93 Å². The number of aromatic nitrogens is 1. The average molecular weight is 224 g/mol. The number of rotatable bonds is 0. The summed E-state index contributed by atoms with van der Waals surface area (Å²) in [6.45, 7) is 2.13. The second-order valence-corrected chi connectivity index (χ2v) is 4.00. The van der Waals surface area contributed by atoms with Gasteiger partial charge in [0.2, 0.25) is 0 Å². The van der Waals surface area contributed by atoms with Gasteiger partial charge in [-0.15, -0.1) is 0 Å². The molecule has 0 amide bonds. The van der Waals surface area contributed by atoms with E-state index in [4.69, 9.17) is 0 Å². The first-order valence-electron chi connectivity index (χ1n) is 3.89. The van der Waals surface area contributed by atoms with E-state index in [9.17, 15) is 0 Å². The predicted molar refractivity (Wildman–Crippen MR) is 55.4 cm³/mol. The van der Waals surface area contributed by atoms with E-state index >= 15 is 0 Å². The highest BCUT2D eigenvalue weighted by Gasteiger charge is 2.01. The first-order chi connectivity index (χ1) is 5.68. The summed E-state index contributed by atoms with van der Waals surface area (Å²) in [5.74, 6) is 0. The van der Waals surface area contributed by atoms with Gasteiger partial charge in [-0.2, -0.15) is 0 Å². The Hall–Kier alpha value is -0.760. The number of benzene rings is 1. The minimum atomic E-state index is 1.14. The van der Waals surface area contributed by atoms with Crippen LogP contribution < -0.4 is 0 Å². The molecule has 0 aliphatic carbocycles. The SMILES string of the molecule is Cc1cn(C)c2ccc(Br)cc12. The minimum absolute atomic E-state index is 1.14.